The molecule has 1 unspecified atom stereocenters. The molecule has 108 valence electrons. The molecule has 3 rings (SSSR count). The van der Waals surface area contributed by atoms with E-state index in [1.54, 1.807) is 0 Å². The topological polar surface area (TPSA) is 58.6 Å². The van der Waals surface area contributed by atoms with Crippen LogP contribution in [0.25, 0.3) is 0 Å². The van der Waals surface area contributed by atoms with E-state index in [2.05, 4.69) is 17.4 Å². The molecule has 21 heavy (non-hydrogen) atoms. The number of benzene rings is 2. The number of hydrogen-bond acceptors (Lipinski definition) is 4. The summed E-state index contributed by atoms with van der Waals surface area (Å²) in [6.45, 7) is 0.698. The molecule has 1 aliphatic heterocycles. The van der Waals surface area contributed by atoms with Gasteiger partial charge >= 0.3 is 5.97 Å². The summed E-state index contributed by atoms with van der Waals surface area (Å²) in [5.74, 6) is 0.0487. The number of carboxylic acids is 1. The van der Waals surface area contributed by atoms with Crippen LogP contribution in [0.3, 0.4) is 0 Å². The average molecular weight is 301 g/mol. The van der Waals surface area contributed by atoms with Crippen LogP contribution in [-0.4, -0.2) is 23.4 Å². The summed E-state index contributed by atoms with van der Waals surface area (Å²) in [7, 11) is 0. The number of fused-ring (bicyclic) bond motifs is 1. The van der Waals surface area contributed by atoms with Crippen molar-refractivity contribution in [1.82, 2.24) is 0 Å². The molecular weight excluding hydrogens is 286 g/mol. The zero-order valence-corrected chi connectivity index (χ0v) is 12.1. The number of nitrogens with one attached hydrogen (secondary N) is 1. The molecule has 0 fully saturated rings. The van der Waals surface area contributed by atoms with Gasteiger partial charge in [-0.15, -0.1) is 11.8 Å². The molecule has 2 aromatic rings. The lowest BCUT2D eigenvalue weighted by atomic mass is 10.1. The molecule has 0 spiro atoms. The van der Waals surface area contributed by atoms with Gasteiger partial charge in [0.1, 0.15) is 11.9 Å². The van der Waals surface area contributed by atoms with Crippen molar-refractivity contribution in [3.63, 3.8) is 0 Å². The normalized spacial score (nSPS) is 16.5. The van der Waals surface area contributed by atoms with Gasteiger partial charge in [-0.3, -0.25) is 4.79 Å². The maximum Gasteiger partial charge on any atom is 0.313 e. The van der Waals surface area contributed by atoms with Gasteiger partial charge in [0.15, 0.2) is 0 Å². The summed E-state index contributed by atoms with van der Waals surface area (Å²) in [5.41, 5.74) is 2.05. The summed E-state index contributed by atoms with van der Waals surface area (Å²) in [5, 5.41) is 12.1. The first-order valence-electron chi connectivity index (χ1n) is 6.66. The number of thioether (sulfide) groups is 1. The van der Waals surface area contributed by atoms with Crippen molar-refractivity contribution in [1.29, 1.82) is 0 Å². The fourth-order valence-electron chi connectivity index (χ4n) is 2.24. The highest BCUT2D eigenvalue weighted by Crippen LogP contribution is 2.36. The molecule has 0 amide bonds. The summed E-state index contributed by atoms with van der Waals surface area (Å²) in [6, 6.07) is 15.8. The summed E-state index contributed by atoms with van der Waals surface area (Å²) < 4.78 is 6.01. The molecule has 0 bridgehead atoms. The fraction of sp³-hybridized carbons (Fsp3) is 0.188. The van der Waals surface area contributed by atoms with Crippen molar-refractivity contribution in [3.8, 4) is 5.75 Å². The molecule has 0 aliphatic carbocycles. The third-order valence-electron chi connectivity index (χ3n) is 3.23. The molecule has 5 heteroatoms. The first-order valence-corrected chi connectivity index (χ1v) is 7.65. The third-order valence-corrected chi connectivity index (χ3v) is 4.21. The quantitative estimate of drug-likeness (QED) is 0.848. The zero-order chi connectivity index (χ0) is 14.7. The summed E-state index contributed by atoms with van der Waals surface area (Å²) in [4.78, 5) is 11.5. The smallest absolute Gasteiger partial charge is 0.313 e. The van der Waals surface area contributed by atoms with Crippen LogP contribution in [-0.2, 0) is 4.79 Å². The Morgan fingerprint density at radius 3 is 2.86 bits per heavy atom. The predicted octanol–water partition coefficient (Wildman–Crippen LogP) is 3.41. The van der Waals surface area contributed by atoms with Gasteiger partial charge in [0, 0.05) is 4.90 Å². The Hall–Kier alpha value is -2.14. The Bertz CT molecular complexity index is 645. The van der Waals surface area contributed by atoms with Crippen molar-refractivity contribution in [3.05, 3.63) is 54.1 Å². The van der Waals surface area contributed by atoms with E-state index < -0.39 is 5.97 Å². The predicted molar refractivity (Wildman–Crippen MR) is 83.1 cm³/mol. The highest BCUT2D eigenvalue weighted by molar-refractivity contribution is 8.00. The van der Waals surface area contributed by atoms with Gasteiger partial charge in [-0.05, 0) is 23.8 Å². The minimum Gasteiger partial charge on any atom is -0.482 e. The monoisotopic (exact) mass is 301 g/mol. The molecule has 2 N–H and O–H groups in total. The molecule has 0 radical (unpaired) electrons. The molecule has 2 aromatic carbocycles. The van der Waals surface area contributed by atoms with Crippen LogP contribution in [0.15, 0.2) is 53.4 Å². The van der Waals surface area contributed by atoms with E-state index in [0.717, 1.165) is 21.9 Å². The number of ether oxygens (including phenoxy) is 1. The third kappa shape index (κ3) is 3.31. The first-order chi connectivity index (χ1) is 10.2. The molecule has 0 aromatic heterocycles. The van der Waals surface area contributed by atoms with Gasteiger partial charge in [0.2, 0.25) is 0 Å². The van der Waals surface area contributed by atoms with Gasteiger partial charge in [-0.1, -0.05) is 30.3 Å². The largest absolute Gasteiger partial charge is 0.482 e. The fourth-order valence-corrected chi connectivity index (χ4v) is 2.89. The molecule has 1 aliphatic rings. The van der Waals surface area contributed by atoms with Crippen molar-refractivity contribution in [2.24, 2.45) is 0 Å². The van der Waals surface area contributed by atoms with Crippen molar-refractivity contribution < 1.29 is 14.6 Å². The number of anilines is 1. The number of carbonyl (C=O) groups is 1. The molecule has 0 saturated carbocycles. The number of carboxylic acid groups (broad SMARTS) is 1. The lowest BCUT2D eigenvalue weighted by molar-refractivity contribution is -0.133. The van der Waals surface area contributed by atoms with Crippen LogP contribution in [0, 0.1) is 0 Å². The first kappa shape index (κ1) is 13.8. The average Bonchev–Trinajstić information content (AvgIpc) is 2.53. The highest BCUT2D eigenvalue weighted by atomic mass is 32.2. The second kappa shape index (κ2) is 6.10. The van der Waals surface area contributed by atoms with Crippen molar-refractivity contribution in [2.45, 2.75) is 11.0 Å². The van der Waals surface area contributed by atoms with Crippen LogP contribution in [0.2, 0.25) is 0 Å². The lowest BCUT2D eigenvalue weighted by Gasteiger charge is -2.28. The molecule has 4 nitrogen and oxygen atoms in total. The second-order valence-corrected chi connectivity index (χ2v) is 5.79. The van der Waals surface area contributed by atoms with Gasteiger partial charge in [0.25, 0.3) is 0 Å². The van der Waals surface area contributed by atoms with E-state index in [4.69, 9.17) is 9.84 Å². The van der Waals surface area contributed by atoms with E-state index in [1.165, 1.54) is 11.8 Å². The molecule has 1 heterocycles. The summed E-state index contributed by atoms with van der Waals surface area (Å²) >= 11 is 1.30. The van der Waals surface area contributed by atoms with E-state index >= 15 is 0 Å². The van der Waals surface area contributed by atoms with E-state index in [0.29, 0.717) is 6.54 Å². The Balaban J connectivity index is 1.74. The van der Waals surface area contributed by atoms with Crippen LogP contribution in [0.1, 0.15) is 11.7 Å². The van der Waals surface area contributed by atoms with Gasteiger partial charge in [-0.25, -0.2) is 0 Å². The SMILES string of the molecule is O=C(O)CSc1ccc2c(c1)NCC(c1ccccc1)O2. The van der Waals surface area contributed by atoms with E-state index in [-0.39, 0.29) is 11.9 Å². The number of aliphatic carboxylic acids is 1. The Kier molecular flexibility index (Phi) is 4.01. The van der Waals surface area contributed by atoms with Crippen LogP contribution in [0.5, 0.6) is 5.75 Å². The molecule has 0 saturated heterocycles. The van der Waals surface area contributed by atoms with Crippen LogP contribution < -0.4 is 10.1 Å². The maximum atomic E-state index is 10.6. The van der Waals surface area contributed by atoms with Crippen LogP contribution in [0.4, 0.5) is 5.69 Å². The van der Waals surface area contributed by atoms with Crippen molar-refractivity contribution >= 4 is 23.4 Å². The van der Waals surface area contributed by atoms with Crippen molar-refractivity contribution in [2.75, 3.05) is 17.6 Å². The minimum absolute atomic E-state index is 0.00350. The van der Waals surface area contributed by atoms with Gasteiger partial charge in [0.05, 0.1) is 18.0 Å². The number of hydrogen-bond donors (Lipinski definition) is 2. The Morgan fingerprint density at radius 1 is 1.29 bits per heavy atom. The Morgan fingerprint density at radius 2 is 2.10 bits per heavy atom. The minimum atomic E-state index is -0.814. The molecule has 1 atom stereocenters. The lowest BCUT2D eigenvalue weighted by Crippen LogP contribution is -2.23. The van der Waals surface area contributed by atoms with E-state index in [9.17, 15) is 4.79 Å². The second-order valence-electron chi connectivity index (χ2n) is 4.74. The van der Waals surface area contributed by atoms with Gasteiger partial charge < -0.3 is 15.2 Å². The highest BCUT2D eigenvalue weighted by Gasteiger charge is 2.20. The zero-order valence-electron chi connectivity index (χ0n) is 11.3. The van der Waals surface area contributed by atoms with Gasteiger partial charge in [-0.2, -0.15) is 0 Å². The summed E-state index contributed by atoms with van der Waals surface area (Å²) in [6.07, 6.45) is -0.00350. The number of rotatable bonds is 4. The standard InChI is InChI=1S/C16H15NO3S/c18-16(19)10-21-12-6-7-14-13(8-12)17-9-15(20-14)11-4-2-1-3-5-11/h1-8,15,17H,9-10H2,(H,18,19). The maximum absolute atomic E-state index is 10.6. The van der Waals surface area contributed by atoms with E-state index in [1.807, 2.05) is 36.4 Å². The Labute approximate surface area is 127 Å². The van der Waals surface area contributed by atoms with Crippen LogP contribution >= 0.6 is 11.8 Å². The molecular formula is C16H15NO3S.